The van der Waals surface area contributed by atoms with E-state index < -0.39 is 9.84 Å². The van der Waals surface area contributed by atoms with E-state index in [1.165, 1.54) is 0 Å². The summed E-state index contributed by atoms with van der Waals surface area (Å²) < 4.78 is 23.5. The second-order valence-corrected chi connectivity index (χ2v) is 7.90. The first kappa shape index (κ1) is 12.9. The molecule has 2 aliphatic rings. The largest absolute Gasteiger partial charge is 0.356 e. The number of benzene rings is 1. The zero-order valence-corrected chi connectivity index (χ0v) is 12.5. The Labute approximate surface area is 118 Å². The summed E-state index contributed by atoms with van der Waals surface area (Å²) in [7, 11) is -2.96. The van der Waals surface area contributed by atoms with Gasteiger partial charge in [-0.15, -0.1) is 0 Å². The van der Waals surface area contributed by atoms with Crippen LogP contribution in [0.15, 0.2) is 18.2 Å². The van der Waals surface area contributed by atoms with Crippen LogP contribution in [0.5, 0.6) is 0 Å². The molecule has 2 heterocycles. The molecule has 0 unspecified atom stereocenters. The molecule has 0 amide bonds. The highest BCUT2D eigenvalue weighted by Crippen LogP contribution is 2.32. The van der Waals surface area contributed by atoms with E-state index >= 15 is 0 Å². The van der Waals surface area contributed by atoms with E-state index in [4.69, 9.17) is 12.2 Å². The van der Waals surface area contributed by atoms with Gasteiger partial charge < -0.3 is 10.2 Å². The highest BCUT2D eigenvalue weighted by atomic mass is 32.2. The number of rotatable bonds is 1. The SMILES string of the molecule is Cc1ccc(C)c(N2C(=S)N[C@@H]3CS(=O)(=O)C[C@H]32)c1. The lowest BCUT2D eigenvalue weighted by molar-refractivity contribution is 0.600. The van der Waals surface area contributed by atoms with Gasteiger partial charge in [-0.05, 0) is 43.3 Å². The third kappa shape index (κ3) is 2.12. The van der Waals surface area contributed by atoms with E-state index in [1.807, 2.05) is 30.9 Å². The van der Waals surface area contributed by atoms with E-state index in [2.05, 4.69) is 11.4 Å². The number of thiocarbonyl (C=S) groups is 1. The molecule has 0 spiro atoms. The van der Waals surface area contributed by atoms with Crippen molar-refractivity contribution >= 4 is 32.9 Å². The summed E-state index contributed by atoms with van der Waals surface area (Å²) in [6, 6.07) is 6.02. The summed E-state index contributed by atoms with van der Waals surface area (Å²) in [5.74, 6) is 0.358. The summed E-state index contributed by atoms with van der Waals surface area (Å²) in [6.45, 7) is 4.05. The molecule has 102 valence electrons. The Hall–Kier alpha value is -1.14. The molecule has 6 heteroatoms. The average Bonchev–Trinajstić information content (AvgIpc) is 2.73. The minimum atomic E-state index is -2.96. The van der Waals surface area contributed by atoms with Gasteiger partial charge in [0.1, 0.15) is 0 Å². The molecule has 1 N–H and O–H groups in total. The Kier molecular flexibility index (Phi) is 2.83. The van der Waals surface area contributed by atoms with E-state index in [0.717, 1.165) is 16.8 Å². The number of nitrogens with zero attached hydrogens (tertiary/aromatic N) is 1. The van der Waals surface area contributed by atoms with Crippen molar-refractivity contribution in [3.63, 3.8) is 0 Å². The summed E-state index contributed by atoms with van der Waals surface area (Å²) in [4.78, 5) is 1.98. The van der Waals surface area contributed by atoms with Crippen LogP contribution < -0.4 is 10.2 Å². The van der Waals surface area contributed by atoms with Crippen molar-refractivity contribution in [2.24, 2.45) is 0 Å². The molecular formula is C13H16N2O2S2. The Bertz CT molecular complexity index is 655. The number of sulfone groups is 1. The fourth-order valence-corrected chi connectivity index (χ4v) is 5.14. The predicted molar refractivity (Wildman–Crippen MR) is 80.4 cm³/mol. The lowest BCUT2D eigenvalue weighted by Crippen LogP contribution is -2.37. The molecule has 0 saturated carbocycles. The van der Waals surface area contributed by atoms with Crippen LogP contribution in [0, 0.1) is 13.8 Å². The third-order valence-corrected chi connectivity index (χ3v) is 5.84. The van der Waals surface area contributed by atoms with Crippen LogP contribution in [-0.4, -0.2) is 37.1 Å². The Morgan fingerprint density at radius 3 is 2.79 bits per heavy atom. The first-order chi connectivity index (χ1) is 8.87. The average molecular weight is 296 g/mol. The zero-order valence-electron chi connectivity index (χ0n) is 10.9. The Balaban J connectivity index is 2.04. The third-order valence-electron chi connectivity index (χ3n) is 3.81. The van der Waals surface area contributed by atoms with E-state index in [0.29, 0.717) is 5.11 Å². The van der Waals surface area contributed by atoms with Crippen molar-refractivity contribution in [3.05, 3.63) is 29.3 Å². The van der Waals surface area contributed by atoms with Crippen molar-refractivity contribution in [1.82, 2.24) is 5.32 Å². The monoisotopic (exact) mass is 296 g/mol. The molecule has 2 fully saturated rings. The second-order valence-electron chi connectivity index (χ2n) is 5.36. The standard InChI is InChI=1S/C13H16N2O2S2/c1-8-3-4-9(2)11(5-8)15-12-7-19(16,17)6-10(12)14-13(15)18/h3-5,10,12H,6-7H2,1-2H3,(H,14,18)/t10-,12-/m1/s1. The number of hydrogen-bond donors (Lipinski definition) is 1. The molecule has 1 aromatic carbocycles. The molecule has 0 bridgehead atoms. The van der Waals surface area contributed by atoms with Gasteiger partial charge in [0, 0.05) is 5.69 Å². The van der Waals surface area contributed by atoms with Gasteiger partial charge in [-0.3, -0.25) is 0 Å². The van der Waals surface area contributed by atoms with Crippen molar-refractivity contribution in [1.29, 1.82) is 0 Å². The van der Waals surface area contributed by atoms with Crippen molar-refractivity contribution in [3.8, 4) is 0 Å². The number of aryl methyl sites for hydroxylation is 2. The maximum absolute atomic E-state index is 11.8. The van der Waals surface area contributed by atoms with Crippen molar-refractivity contribution < 1.29 is 8.42 Å². The Morgan fingerprint density at radius 1 is 1.32 bits per heavy atom. The van der Waals surface area contributed by atoms with Crippen LogP contribution in [0.3, 0.4) is 0 Å². The fourth-order valence-electron chi connectivity index (χ4n) is 2.87. The van der Waals surface area contributed by atoms with Gasteiger partial charge in [-0.1, -0.05) is 12.1 Å². The molecule has 0 aromatic heterocycles. The second kappa shape index (κ2) is 4.18. The maximum atomic E-state index is 11.8. The van der Waals surface area contributed by atoms with Crippen LogP contribution >= 0.6 is 12.2 Å². The summed E-state index contributed by atoms with van der Waals surface area (Å²) in [6.07, 6.45) is 0. The van der Waals surface area contributed by atoms with E-state index in [9.17, 15) is 8.42 Å². The van der Waals surface area contributed by atoms with E-state index in [-0.39, 0.29) is 23.6 Å². The van der Waals surface area contributed by atoms with Crippen molar-refractivity contribution in [2.45, 2.75) is 25.9 Å². The van der Waals surface area contributed by atoms with Gasteiger partial charge in [-0.25, -0.2) is 8.42 Å². The zero-order chi connectivity index (χ0) is 13.8. The molecule has 0 radical (unpaired) electrons. The van der Waals surface area contributed by atoms with Crippen molar-refractivity contribution in [2.75, 3.05) is 16.4 Å². The van der Waals surface area contributed by atoms with Crippen LogP contribution in [0.4, 0.5) is 5.69 Å². The molecule has 1 aromatic rings. The first-order valence-electron chi connectivity index (χ1n) is 6.25. The minimum absolute atomic E-state index is 0.0713. The smallest absolute Gasteiger partial charge is 0.174 e. The quantitative estimate of drug-likeness (QED) is 0.788. The first-order valence-corrected chi connectivity index (χ1v) is 8.48. The molecule has 2 atom stereocenters. The molecule has 2 aliphatic heterocycles. The lowest BCUT2D eigenvalue weighted by atomic mass is 10.1. The summed E-state index contributed by atoms with van der Waals surface area (Å²) in [5, 5.41) is 3.78. The number of nitrogens with one attached hydrogen (secondary N) is 1. The van der Waals surface area contributed by atoms with Crippen LogP contribution in [0.25, 0.3) is 0 Å². The fraction of sp³-hybridized carbons (Fsp3) is 0.462. The molecule has 2 saturated heterocycles. The normalized spacial score (nSPS) is 28.3. The highest BCUT2D eigenvalue weighted by Gasteiger charge is 2.47. The Morgan fingerprint density at radius 2 is 2.05 bits per heavy atom. The van der Waals surface area contributed by atoms with Gasteiger partial charge in [0.05, 0.1) is 23.6 Å². The molecule has 19 heavy (non-hydrogen) atoms. The van der Waals surface area contributed by atoms with Crippen LogP contribution in [-0.2, 0) is 9.84 Å². The number of hydrogen-bond acceptors (Lipinski definition) is 3. The summed E-state index contributed by atoms with van der Waals surface area (Å²) >= 11 is 5.37. The van der Waals surface area contributed by atoms with Gasteiger partial charge in [0.15, 0.2) is 14.9 Å². The minimum Gasteiger partial charge on any atom is -0.356 e. The molecular weight excluding hydrogens is 280 g/mol. The predicted octanol–water partition coefficient (Wildman–Crippen LogP) is 1.16. The van der Waals surface area contributed by atoms with Gasteiger partial charge >= 0.3 is 0 Å². The van der Waals surface area contributed by atoms with Gasteiger partial charge in [0.25, 0.3) is 0 Å². The molecule has 0 aliphatic carbocycles. The van der Waals surface area contributed by atoms with E-state index in [1.54, 1.807) is 0 Å². The van der Waals surface area contributed by atoms with Gasteiger partial charge in [-0.2, -0.15) is 0 Å². The topological polar surface area (TPSA) is 49.4 Å². The maximum Gasteiger partial charge on any atom is 0.174 e. The number of anilines is 1. The molecule has 4 nitrogen and oxygen atoms in total. The number of fused-ring (bicyclic) bond motifs is 1. The molecule has 3 rings (SSSR count). The van der Waals surface area contributed by atoms with Crippen LogP contribution in [0.1, 0.15) is 11.1 Å². The van der Waals surface area contributed by atoms with Crippen LogP contribution in [0.2, 0.25) is 0 Å². The lowest BCUT2D eigenvalue weighted by Gasteiger charge is -2.25. The van der Waals surface area contributed by atoms with Gasteiger partial charge in [0.2, 0.25) is 0 Å². The highest BCUT2D eigenvalue weighted by molar-refractivity contribution is 7.91. The summed E-state index contributed by atoms with van der Waals surface area (Å²) in [5.41, 5.74) is 3.27.